The minimum atomic E-state index is 0.726. The zero-order chi connectivity index (χ0) is 11.0. The number of hydrogen-bond donors (Lipinski definition) is 1. The van der Waals surface area contributed by atoms with Crippen LogP contribution in [-0.2, 0) is 0 Å². The molecule has 2 heterocycles. The largest absolute Gasteiger partial charge is 0.347 e. The maximum Gasteiger partial charge on any atom is 0.130 e. The Morgan fingerprint density at radius 1 is 1.33 bits per heavy atom. The molecule has 4 heteroatoms. The molecule has 0 saturated carbocycles. The molecular weight excluding hydrogens is 224 g/mol. The third-order valence-corrected chi connectivity index (χ3v) is 3.73. The van der Waals surface area contributed by atoms with E-state index in [1.165, 1.54) is 10.4 Å². The van der Waals surface area contributed by atoms with E-state index in [0.29, 0.717) is 0 Å². The van der Waals surface area contributed by atoms with Crippen LogP contribution in [0.4, 0.5) is 0 Å². The first-order chi connectivity index (χ1) is 7.09. The van der Waals surface area contributed by atoms with Gasteiger partial charge in [0.2, 0.25) is 0 Å². The Balaban J connectivity index is 2.69. The SMILES string of the molecule is Cc1ccsc1-c1nc(C)c(C)[nH]c1=S. The van der Waals surface area contributed by atoms with Gasteiger partial charge in [0.1, 0.15) is 10.3 Å². The van der Waals surface area contributed by atoms with Gasteiger partial charge >= 0.3 is 0 Å². The molecule has 2 aromatic heterocycles. The van der Waals surface area contributed by atoms with Crippen LogP contribution in [0.1, 0.15) is 17.0 Å². The van der Waals surface area contributed by atoms with Crippen molar-refractivity contribution in [2.45, 2.75) is 20.8 Å². The molecule has 2 aromatic rings. The molecule has 0 spiro atoms. The number of aromatic amines is 1. The highest BCUT2D eigenvalue weighted by Crippen LogP contribution is 2.28. The minimum Gasteiger partial charge on any atom is -0.347 e. The summed E-state index contributed by atoms with van der Waals surface area (Å²) in [5, 5.41) is 2.07. The van der Waals surface area contributed by atoms with Crippen LogP contribution in [0, 0.1) is 25.4 Å². The van der Waals surface area contributed by atoms with Crippen LogP contribution in [0.2, 0.25) is 0 Å². The fourth-order valence-corrected chi connectivity index (χ4v) is 2.68. The van der Waals surface area contributed by atoms with Crippen molar-refractivity contribution < 1.29 is 0 Å². The number of aryl methyl sites for hydroxylation is 3. The van der Waals surface area contributed by atoms with E-state index in [9.17, 15) is 0 Å². The standard InChI is InChI=1S/C11H12N2S2/c1-6-4-5-15-10(6)9-11(14)13-8(3)7(2)12-9/h4-5H,1-3H3,(H,13,14). The summed E-state index contributed by atoms with van der Waals surface area (Å²) < 4.78 is 0.726. The molecule has 15 heavy (non-hydrogen) atoms. The summed E-state index contributed by atoms with van der Waals surface area (Å²) in [5.41, 5.74) is 4.18. The smallest absolute Gasteiger partial charge is 0.130 e. The van der Waals surface area contributed by atoms with E-state index in [1.807, 2.05) is 13.8 Å². The molecule has 0 radical (unpaired) electrons. The maximum absolute atomic E-state index is 5.30. The van der Waals surface area contributed by atoms with Gasteiger partial charge in [0, 0.05) is 5.69 Å². The number of thiophene rings is 1. The summed E-state index contributed by atoms with van der Waals surface area (Å²) in [4.78, 5) is 8.90. The first-order valence-corrected chi connectivity index (χ1v) is 6.00. The lowest BCUT2D eigenvalue weighted by Gasteiger charge is -2.04. The van der Waals surface area contributed by atoms with Crippen molar-refractivity contribution in [1.82, 2.24) is 9.97 Å². The second-order valence-corrected chi connectivity index (χ2v) is 4.88. The van der Waals surface area contributed by atoms with Crippen molar-refractivity contribution in [1.29, 1.82) is 0 Å². The third-order valence-electron chi connectivity index (χ3n) is 2.42. The van der Waals surface area contributed by atoms with E-state index in [4.69, 9.17) is 12.2 Å². The summed E-state index contributed by atoms with van der Waals surface area (Å²) >= 11 is 6.98. The lowest BCUT2D eigenvalue weighted by Crippen LogP contribution is -1.95. The lowest BCUT2D eigenvalue weighted by molar-refractivity contribution is 1.04. The monoisotopic (exact) mass is 236 g/mol. The highest BCUT2D eigenvalue weighted by atomic mass is 32.1. The molecule has 2 rings (SSSR count). The quantitative estimate of drug-likeness (QED) is 0.763. The second-order valence-electron chi connectivity index (χ2n) is 3.56. The summed E-state index contributed by atoms with van der Waals surface area (Å²) in [7, 11) is 0. The van der Waals surface area contributed by atoms with Crippen LogP contribution in [-0.4, -0.2) is 9.97 Å². The molecule has 2 nitrogen and oxygen atoms in total. The van der Waals surface area contributed by atoms with Crippen LogP contribution >= 0.6 is 23.6 Å². The van der Waals surface area contributed by atoms with E-state index < -0.39 is 0 Å². The molecule has 0 aliphatic rings. The first-order valence-electron chi connectivity index (χ1n) is 4.71. The van der Waals surface area contributed by atoms with Gasteiger partial charge in [0.15, 0.2) is 0 Å². The Bertz CT molecular complexity index is 552. The van der Waals surface area contributed by atoms with E-state index in [2.05, 4.69) is 28.3 Å². The molecule has 0 amide bonds. The summed E-state index contributed by atoms with van der Waals surface area (Å²) in [6.45, 7) is 6.06. The van der Waals surface area contributed by atoms with Crippen LogP contribution in [0.25, 0.3) is 10.6 Å². The van der Waals surface area contributed by atoms with Crippen LogP contribution in [0.5, 0.6) is 0 Å². The number of nitrogens with one attached hydrogen (secondary N) is 1. The van der Waals surface area contributed by atoms with Gasteiger partial charge in [0.25, 0.3) is 0 Å². The fourth-order valence-electron chi connectivity index (χ4n) is 1.39. The van der Waals surface area contributed by atoms with Crippen molar-refractivity contribution in [3.8, 4) is 10.6 Å². The molecule has 0 saturated heterocycles. The Morgan fingerprint density at radius 3 is 2.67 bits per heavy atom. The average molecular weight is 236 g/mol. The van der Waals surface area contributed by atoms with Crippen molar-refractivity contribution in [2.24, 2.45) is 0 Å². The number of aromatic nitrogens is 2. The van der Waals surface area contributed by atoms with E-state index in [0.717, 1.165) is 21.7 Å². The maximum atomic E-state index is 5.30. The fraction of sp³-hybridized carbons (Fsp3) is 0.273. The third kappa shape index (κ3) is 1.87. The number of rotatable bonds is 1. The van der Waals surface area contributed by atoms with Gasteiger partial charge in [-0.1, -0.05) is 12.2 Å². The first kappa shape index (κ1) is 10.5. The van der Waals surface area contributed by atoms with Crippen molar-refractivity contribution in [2.75, 3.05) is 0 Å². The summed E-state index contributed by atoms with van der Waals surface area (Å²) in [6.07, 6.45) is 0. The van der Waals surface area contributed by atoms with Gasteiger partial charge in [-0.15, -0.1) is 11.3 Å². The van der Waals surface area contributed by atoms with Gasteiger partial charge in [0.05, 0.1) is 10.6 Å². The van der Waals surface area contributed by atoms with Crippen LogP contribution < -0.4 is 0 Å². The molecule has 78 valence electrons. The average Bonchev–Trinajstić information content (AvgIpc) is 2.58. The van der Waals surface area contributed by atoms with E-state index in [1.54, 1.807) is 11.3 Å². The highest BCUT2D eigenvalue weighted by Gasteiger charge is 2.08. The van der Waals surface area contributed by atoms with Gasteiger partial charge in [-0.2, -0.15) is 0 Å². The van der Waals surface area contributed by atoms with E-state index in [-0.39, 0.29) is 0 Å². The Labute approximate surface area is 98.0 Å². The van der Waals surface area contributed by atoms with Gasteiger partial charge in [-0.25, -0.2) is 4.98 Å². The summed E-state index contributed by atoms with van der Waals surface area (Å²) in [5.74, 6) is 0. The number of hydrogen-bond acceptors (Lipinski definition) is 3. The van der Waals surface area contributed by atoms with Crippen LogP contribution in [0.15, 0.2) is 11.4 Å². The second kappa shape index (κ2) is 3.87. The minimum absolute atomic E-state index is 0.726. The molecule has 0 bridgehead atoms. The Morgan fingerprint density at radius 2 is 2.07 bits per heavy atom. The van der Waals surface area contributed by atoms with Gasteiger partial charge < -0.3 is 4.98 Å². The predicted molar refractivity (Wildman–Crippen MR) is 66.9 cm³/mol. The predicted octanol–water partition coefficient (Wildman–Crippen LogP) is 3.79. The van der Waals surface area contributed by atoms with Gasteiger partial charge in [-0.3, -0.25) is 0 Å². The molecule has 0 aromatic carbocycles. The molecule has 0 fully saturated rings. The summed E-state index contributed by atoms with van der Waals surface area (Å²) in [6, 6.07) is 2.09. The van der Waals surface area contributed by atoms with Crippen molar-refractivity contribution in [3.63, 3.8) is 0 Å². The molecular formula is C11H12N2S2. The molecule has 0 aliphatic carbocycles. The number of nitrogens with zero attached hydrogens (tertiary/aromatic N) is 1. The van der Waals surface area contributed by atoms with Crippen molar-refractivity contribution in [3.05, 3.63) is 33.0 Å². The number of H-pyrrole nitrogens is 1. The Kier molecular flexibility index (Phi) is 2.71. The van der Waals surface area contributed by atoms with E-state index >= 15 is 0 Å². The molecule has 0 atom stereocenters. The van der Waals surface area contributed by atoms with Gasteiger partial charge in [-0.05, 0) is 37.8 Å². The highest BCUT2D eigenvalue weighted by molar-refractivity contribution is 7.71. The zero-order valence-corrected chi connectivity index (χ0v) is 10.6. The molecule has 1 N–H and O–H groups in total. The van der Waals surface area contributed by atoms with Crippen LogP contribution in [0.3, 0.4) is 0 Å². The lowest BCUT2D eigenvalue weighted by atomic mass is 10.2. The molecule has 0 aliphatic heterocycles. The normalized spacial score (nSPS) is 10.6. The molecule has 0 unspecified atom stereocenters. The topological polar surface area (TPSA) is 28.7 Å². The van der Waals surface area contributed by atoms with Crippen molar-refractivity contribution >= 4 is 23.6 Å². The Hall–Kier alpha value is -1.00. The zero-order valence-electron chi connectivity index (χ0n) is 8.92.